The summed E-state index contributed by atoms with van der Waals surface area (Å²) in [6.07, 6.45) is 0. The third-order valence-corrected chi connectivity index (χ3v) is 3.93. The van der Waals surface area contributed by atoms with Gasteiger partial charge in [-0.15, -0.1) is 0 Å². The minimum absolute atomic E-state index is 0.0163. The second kappa shape index (κ2) is 6.31. The molecule has 0 aliphatic heterocycles. The molecule has 0 aliphatic rings. The maximum absolute atomic E-state index is 12.0. The van der Waals surface area contributed by atoms with Crippen molar-refractivity contribution in [3.8, 4) is 6.07 Å². The first kappa shape index (κ1) is 15.1. The Morgan fingerprint density at radius 1 is 1.37 bits per heavy atom. The van der Waals surface area contributed by atoms with E-state index in [0.29, 0.717) is 12.1 Å². The number of likely N-dealkylation sites (N-methyl/N-ethyl adjacent to an activating group) is 1. The molecule has 0 unspecified atom stereocenters. The van der Waals surface area contributed by atoms with Crippen LogP contribution in [0.3, 0.4) is 0 Å². The van der Waals surface area contributed by atoms with Crippen LogP contribution in [0.5, 0.6) is 0 Å². The summed E-state index contributed by atoms with van der Waals surface area (Å²) >= 11 is 0. The summed E-state index contributed by atoms with van der Waals surface area (Å²) in [6, 6.07) is 6.51. The summed E-state index contributed by atoms with van der Waals surface area (Å²) in [5.41, 5.74) is 0.371. The first-order chi connectivity index (χ1) is 8.90. The molecule has 6 nitrogen and oxygen atoms in total. The van der Waals surface area contributed by atoms with Crippen molar-refractivity contribution >= 4 is 15.9 Å². The maximum Gasteiger partial charge on any atom is 0.241 e. The molecule has 2 N–H and O–H groups in total. The molecule has 0 saturated carbocycles. The van der Waals surface area contributed by atoms with Crippen molar-refractivity contribution in [2.75, 3.05) is 6.54 Å². The van der Waals surface area contributed by atoms with Crippen molar-refractivity contribution < 1.29 is 13.2 Å². The van der Waals surface area contributed by atoms with Gasteiger partial charge in [-0.05, 0) is 38.1 Å². The van der Waals surface area contributed by atoms with Gasteiger partial charge in [0.1, 0.15) is 0 Å². The molecular weight excluding hydrogens is 266 g/mol. The number of rotatable bonds is 5. The lowest BCUT2D eigenvalue weighted by Gasteiger charge is -2.13. The number of nitrogens with one attached hydrogen (secondary N) is 2. The van der Waals surface area contributed by atoms with E-state index in [1.807, 2.05) is 6.07 Å². The molecule has 1 aromatic carbocycles. The Morgan fingerprint density at radius 3 is 2.42 bits per heavy atom. The number of hydrogen-bond donors (Lipinski definition) is 2. The second-order valence-electron chi connectivity index (χ2n) is 3.87. The molecule has 0 aromatic heterocycles. The van der Waals surface area contributed by atoms with Gasteiger partial charge in [0.25, 0.3) is 0 Å². The van der Waals surface area contributed by atoms with Crippen molar-refractivity contribution in [2.45, 2.75) is 24.8 Å². The van der Waals surface area contributed by atoms with Crippen LogP contribution in [0.2, 0.25) is 0 Å². The summed E-state index contributed by atoms with van der Waals surface area (Å²) < 4.78 is 26.2. The molecule has 1 rings (SSSR count). The molecule has 1 amide bonds. The lowest BCUT2D eigenvalue weighted by Crippen LogP contribution is -2.44. The summed E-state index contributed by atoms with van der Waals surface area (Å²) in [6.45, 7) is 3.65. The number of nitriles is 1. The van der Waals surface area contributed by atoms with E-state index in [0.717, 1.165) is 0 Å². The predicted molar refractivity (Wildman–Crippen MR) is 69.6 cm³/mol. The lowest BCUT2D eigenvalue weighted by molar-refractivity contribution is -0.122. The van der Waals surface area contributed by atoms with Gasteiger partial charge in [-0.2, -0.15) is 9.98 Å². The first-order valence-electron chi connectivity index (χ1n) is 5.71. The van der Waals surface area contributed by atoms with Gasteiger partial charge >= 0.3 is 0 Å². The number of hydrogen-bond acceptors (Lipinski definition) is 4. The fourth-order valence-electron chi connectivity index (χ4n) is 1.39. The van der Waals surface area contributed by atoms with Crippen molar-refractivity contribution in [3.05, 3.63) is 29.8 Å². The van der Waals surface area contributed by atoms with E-state index in [4.69, 9.17) is 5.26 Å². The van der Waals surface area contributed by atoms with Crippen molar-refractivity contribution in [1.82, 2.24) is 10.0 Å². The Morgan fingerprint density at radius 2 is 1.95 bits per heavy atom. The van der Waals surface area contributed by atoms with Crippen molar-refractivity contribution in [3.63, 3.8) is 0 Å². The largest absolute Gasteiger partial charge is 0.355 e. The van der Waals surface area contributed by atoms with Crippen molar-refractivity contribution in [2.24, 2.45) is 0 Å². The van der Waals surface area contributed by atoms with Gasteiger partial charge in [0.15, 0.2) is 0 Å². The van der Waals surface area contributed by atoms with Gasteiger partial charge < -0.3 is 5.32 Å². The second-order valence-corrected chi connectivity index (χ2v) is 5.59. The van der Waals surface area contributed by atoms with Crippen LogP contribution in [0.4, 0.5) is 0 Å². The SMILES string of the molecule is CCNC(=O)[C@H](C)NS(=O)(=O)c1ccc(C#N)cc1. The minimum Gasteiger partial charge on any atom is -0.355 e. The summed E-state index contributed by atoms with van der Waals surface area (Å²) in [5.74, 6) is -0.389. The molecule has 0 aliphatic carbocycles. The molecule has 0 fully saturated rings. The zero-order chi connectivity index (χ0) is 14.5. The quantitative estimate of drug-likeness (QED) is 0.814. The first-order valence-corrected chi connectivity index (χ1v) is 7.19. The Kier molecular flexibility index (Phi) is 5.03. The van der Waals surface area contributed by atoms with Crippen molar-refractivity contribution in [1.29, 1.82) is 5.26 Å². The van der Waals surface area contributed by atoms with E-state index in [2.05, 4.69) is 10.0 Å². The van der Waals surface area contributed by atoms with Gasteiger partial charge in [0.2, 0.25) is 15.9 Å². The molecule has 102 valence electrons. The number of nitrogens with zero attached hydrogens (tertiary/aromatic N) is 1. The van der Waals surface area contributed by atoms with Crippen LogP contribution in [0, 0.1) is 11.3 Å². The van der Waals surface area contributed by atoms with Crippen LogP contribution in [0.25, 0.3) is 0 Å². The third kappa shape index (κ3) is 4.05. The molecule has 0 spiro atoms. The van der Waals surface area contributed by atoms with Gasteiger partial charge in [0.05, 0.1) is 22.6 Å². The Hall–Kier alpha value is -1.91. The highest BCUT2D eigenvalue weighted by atomic mass is 32.2. The van der Waals surface area contributed by atoms with E-state index in [9.17, 15) is 13.2 Å². The number of amides is 1. The fraction of sp³-hybridized carbons (Fsp3) is 0.333. The van der Waals surface area contributed by atoms with E-state index in [1.54, 1.807) is 6.92 Å². The molecular formula is C12H15N3O3S. The fourth-order valence-corrected chi connectivity index (χ4v) is 2.59. The lowest BCUT2D eigenvalue weighted by atomic mass is 10.2. The van der Waals surface area contributed by atoms with E-state index < -0.39 is 16.1 Å². The summed E-state index contributed by atoms with van der Waals surface area (Å²) in [5, 5.41) is 11.2. The number of carbonyl (C=O) groups excluding carboxylic acids is 1. The van der Waals surface area contributed by atoms with Crippen LogP contribution in [0.15, 0.2) is 29.2 Å². The Balaban J connectivity index is 2.86. The third-order valence-electron chi connectivity index (χ3n) is 2.37. The van der Waals surface area contributed by atoms with Crippen LogP contribution in [-0.4, -0.2) is 26.9 Å². The average Bonchev–Trinajstić information content (AvgIpc) is 2.38. The highest BCUT2D eigenvalue weighted by Gasteiger charge is 2.21. The average molecular weight is 281 g/mol. The van der Waals surface area contributed by atoms with E-state index in [-0.39, 0.29) is 10.8 Å². The van der Waals surface area contributed by atoms with Crippen LogP contribution >= 0.6 is 0 Å². The number of sulfonamides is 1. The van der Waals surface area contributed by atoms with E-state index in [1.165, 1.54) is 31.2 Å². The molecule has 19 heavy (non-hydrogen) atoms. The molecule has 1 aromatic rings. The predicted octanol–water partition coefficient (Wildman–Crippen LogP) is 0.361. The molecule has 0 saturated heterocycles. The maximum atomic E-state index is 12.0. The standard InChI is InChI=1S/C12H15N3O3S/c1-3-14-12(16)9(2)15-19(17,18)11-6-4-10(8-13)5-7-11/h4-7,9,15H,3H2,1-2H3,(H,14,16)/t9-/m0/s1. The minimum atomic E-state index is -3.77. The zero-order valence-corrected chi connectivity index (χ0v) is 11.5. The summed E-state index contributed by atoms with van der Waals surface area (Å²) in [4.78, 5) is 11.5. The molecule has 0 bridgehead atoms. The summed E-state index contributed by atoms with van der Waals surface area (Å²) in [7, 11) is -3.77. The highest BCUT2D eigenvalue weighted by Crippen LogP contribution is 2.10. The Labute approximate surface area is 112 Å². The highest BCUT2D eigenvalue weighted by molar-refractivity contribution is 7.89. The van der Waals surface area contributed by atoms with Crippen LogP contribution in [-0.2, 0) is 14.8 Å². The molecule has 7 heteroatoms. The monoisotopic (exact) mass is 281 g/mol. The molecule has 0 heterocycles. The number of carbonyl (C=O) groups is 1. The number of benzene rings is 1. The van der Waals surface area contributed by atoms with Crippen LogP contribution in [0.1, 0.15) is 19.4 Å². The zero-order valence-electron chi connectivity index (χ0n) is 10.7. The van der Waals surface area contributed by atoms with Gasteiger partial charge in [0, 0.05) is 6.54 Å². The van der Waals surface area contributed by atoms with E-state index >= 15 is 0 Å². The smallest absolute Gasteiger partial charge is 0.241 e. The molecule has 1 atom stereocenters. The van der Waals surface area contributed by atoms with Gasteiger partial charge in [-0.3, -0.25) is 4.79 Å². The molecule has 0 radical (unpaired) electrons. The van der Waals surface area contributed by atoms with Gasteiger partial charge in [-0.25, -0.2) is 8.42 Å². The normalized spacial score (nSPS) is 12.5. The van der Waals surface area contributed by atoms with Crippen LogP contribution < -0.4 is 10.0 Å². The Bertz CT molecular complexity index is 588. The van der Waals surface area contributed by atoms with Gasteiger partial charge in [-0.1, -0.05) is 0 Å². The topological polar surface area (TPSA) is 99.1 Å².